The number of benzene rings is 1. The second-order valence-electron chi connectivity index (χ2n) is 3.53. The van der Waals surface area contributed by atoms with E-state index in [1.807, 2.05) is 0 Å². The summed E-state index contributed by atoms with van der Waals surface area (Å²) < 4.78 is 0.331. The number of nitrogens with two attached hydrogens (primary N) is 1. The van der Waals surface area contributed by atoms with Gasteiger partial charge in [0.15, 0.2) is 0 Å². The zero-order valence-corrected chi connectivity index (χ0v) is 9.95. The van der Waals surface area contributed by atoms with Crippen LogP contribution in [0.15, 0.2) is 21.7 Å². The molecule has 0 aliphatic carbocycles. The minimum absolute atomic E-state index is 0.0951. The smallest absolute Gasteiger partial charge is 0.363 e. The quantitative estimate of drug-likeness (QED) is 0.703. The van der Waals surface area contributed by atoms with Crippen LogP contribution in [-0.4, -0.2) is 15.7 Å². The number of aromatic amines is 1. The molecule has 8 heteroatoms. The van der Waals surface area contributed by atoms with E-state index in [0.717, 1.165) is 6.92 Å². The predicted molar refractivity (Wildman–Crippen MR) is 65.5 cm³/mol. The van der Waals surface area contributed by atoms with Gasteiger partial charge < -0.3 is 15.6 Å². The molecule has 1 aromatic heterocycles. The molecule has 0 atom stereocenters. The van der Waals surface area contributed by atoms with Gasteiger partial charge in [-0.05, 0) is 12.1 Å². The van der Waals surface area contributed by atoms with Crippen LogP contribution in [0.25, 0.3) is 10.9 Å². The molecule has 94 valence electrons. The molecule has 0 unspecified atom stereocenters. The molecular formula is C10H8ClN3O4. The normalized spacial score (nSPS) is 10.6. The SMILES string of the molecule is CC(=O)On1c(=O)[nH]c2cc(Cl)c(N)cc2c1=O. The molecule has 0 aliphatic rings. The minimum atomic E-state index is -0.872. The van der Waals surface area contributed by atoms with E-state index >= 15 is 0 Å². The Morgan fingerprint density at radius 2 is 2.11 bits per heavy atom. The van der Waals surface area contributed by atoms with Crippen LogP contribution in [0.5, 0.6) is 0 Å². The van der Waals surface area contributed by atoms with Crippen molar-refractivity contribution < 1.29 is 9.63 Å². The van der Waals surface area contributed by atoms with E-state index in [2.05, 4.69) is 9.82 Å². The highest BCUT2D eigenvalue weighted by Gasteiger charge is 2.12. The number of nitrogens with one attached hydrogen (secondary N) is 1. The van der Waals surface area contributed by atoms with Crippen LogP contribution in [0.4, 0.5) is 5.69 Å². The van der Waals surface area contributed by atoms with Crippen LogP contribution < -0.4 is 21.8 Å². The Kier molecular flexibility index (Phi) is 2.84. The number of halogens is 1. The van der Waals surface area contributed by atoms with Gasteiger partial charge in [-0.2, -0.15) is 0 Å². The molecular weight excluding hydrogens is 262 g/mol. The summed E-state index contributed by atoms with van der Waals surface area (Å²) in [6, 6.07) is 2.66. The summed E-state index contributed by atoms with van der Waals surface area (Å²) in [6.45, 7) is 1.08. The molecule has 0 saturated carbocycles. The van der Waals surface area contributed by atoms with E-state index in [9.17, 15) is 14.4 Å². The molecule has 0 spiro atoms. The Bertz CT molecular complexity index is 762. The van der Waals surface area contributed by atoms with Crippen LogP contribution in [0, 0.1) is 0 Å². The van der Waals surface area contributed by atoms with E-state index in [1.54, 1.807) is 0 Å². The average Bonchev–Trinajstić information content (AvgIpc) is 2.27. The maximum atomic E-state index is 11.9. The first kappa shape index (κ1) is 12.2. The van der Waals surface area contributed by atoms with Crippen molar-refractivity contribution >= 4 is 34.2 Å². The van der Waals surface area contributed by atoms with Gasteiger partial charge in [0.2, 0.25) is 0 Å². The van der Waals surface area contributed by atoms with Gasteiger partial charge in [-0.15, -0.1) is 0 Å². The molecule has 0 aliphatic heterocycles. The first-order valence-corrected chi connectivity index (χ1v) is 5.21. The molecule has 0 saturated heterocycles. The lowest BCUT2D eigenvalue weighted by Gasteiger charge is -2.05. The summed E-state index contributed by atoms with van der Waals surface area (Å²) in [5, 5.41) is 0.306. The molecule has 2 rings (SSSR count). The molecule has 1 heterocycles. The van der Waals surface area contributed by atoms with Crippen molar-refractivity contribution in [2.45, 2.75) is 6.92 Å². The standard InChI is InChI=1S/C10H8ClN3O4/c1-4(15)18-14-9(16)5-2-7(12)6(11)3-8(5)13-10(14)17/h2-3H,12H2,1H3,(H,13,17). The lowest BCUT2D eigenvalue weighted by molar-refractivity contribution is -0.142. The first-order chi connectivity index (χ1) is 8.40. The number of H-pyrrole nitrogens is 1. The fraction of sp³-hybridized carbons (Fsp3) is 0.100. The van der Waals surface area contributed by atoms with Crippen molar-refractivity contribution in [2.24, 2.45) is 0 Å². The van der Waals surface area contributed by atoms with Crippen LogP contribution in [0.1, 0.15) is 6.92 Å². The summed E-state index contributed by atoms with van der Waals surface area (Å²) in [4.78, 5) is 41.1. The molecule has 3 N–H and O–H groups in total. The fourth-order valence-electron chi connectivity index (χ4n) is 1.45. The van der Waals surface area contributed by atoms with Gasteiger partial charge >= 0.3 is 11.7 Å². The predicted octanol–water partition coefficient (Wildman–Crippen LogP) is -0.0995. The number of aromatic nitrogens is 2. The van der Waals surface area contributed by atoms with Gasteiger partial charge in [0.25, 0.3) is 5.56 Å². The van der Waals surface area contributed by atoms with Gasteiger partial charge in [-0.1, -0.05) is 16.3 Å². The number of carbonyl (C=O) groups excluding carboxylic acids is 1. The van der Waals surface area contributed by atoms with Crippen molar-refractivity contribution in [1.29, 1.82) is 0 Å². The third-order valence-corrected chi connectivity index (χ3v) is 2.52. The van der Waals surface area contributed by atoms with Crippen molar-refractivity contribution in [3.63, 3.8) is 0 Å². The Labute approximate surface area is 105 Å². The van der Waals surface area contributed by atoms with E-state index in [1.165, 1.54) is 12.1 Å². The molecule has 0 fully saturated rings. The van der Waals surface area contributed by atoms with Gasteiger partial charge in [0, 0.05) is 6.92 Å². The lowest BCUT2D eigenvalue weighted by Crippen LogP contribution is -2.41. The van der Waals surface area contributed by atoms with Crippen molar-refractivity contribution in [3.05, 3.63) is 38.0 Å². The molecule has 0 amide bonds. The van der Waals surface area contributed by atoms with E-state index in [4.69, 9.17) is 17.3 Å². The average molecular weight is 270 g/mol. The third-order valence-electron chi connectivity index (χ3n) is 2.20. The minimum Gasteiger partial charge on any atom is -0.398 e. The zero-order valence-electron chi connectivity index (χ0n) is 9.19. The second kappa shape index (κ2) is 4.19. The van der Waals surface area contributed by atoms with Crippen LogP contribution in [0.2, 0.25) is 5.02 Å². The van der Waals surface area contributed by atoms with Gasteiger partial charge in [0.1, 0.15) is 0 Å². The largest absolute Gasteiger partial charge is 0.398 e. The van der Waals surface area contributed by atoms with Crippen molar-refractivity contribution in [2.75, 3.05) is 5.73 Å². The van der Waals surface area contributed by atoms with E-state index in [-0.39, 0.29) is 21.6 Å². The molecule has 1 aromatic carbocycles. The number of rotatable bonds is 1. The summed E-state index contributed by atoms with van der Waals surface area (Å²) in [5.41, 5.74) is 4.31. The van der Waals surface area contributed by atoms with Crippen LogP contribution >= 0.6 is 11.6 Å². The fourth-order valence-corrected chi connectivity index (χ4v) is 1.61. The summed E-state index contributed by atoms with van der Waals surface area (Å²) in [6.07, 6.45) is 0. The van der Waals surface area contributed by atoms with Gasteiger partial charge in [-0.25, -0.2) is 9.59 Å². The number of hydrogen-bond acceptors (Lipinski definition) is 5. The second-order valence-corrected chi connectivity index (χ2v) is 3.94. The molecule has 2 aromatic rings. The van der Waals surface area contributed by atoms with E-state index < -0.39 is 17.2 Å². The number of carbonyl (C=O) groups is 1. The number of nitrogens with zero attached hydrogens (tertiary/aromatic N) is 1. The number of anilines is 1. The van der Waals surface area contributed by atoms with Gasteiger partial charge in [-0.3, -0.25) is 4.79 Å². The van der Waals surface area contributed by atoms with E-state index in [0.29, 0.717) is 4.73 Å². The topological polar surface area (TPSA) is 107 Å². The van der Waals surface area contributed by atoms with Crippen LogP contribution in [0.3, 0.4) is 0 Å². The Hall–Kier alpha value is -2.28. The molecule has 0 radical (unpaired) electrons. The first-order valence-electron chi connectivity index (χ1n) is 4.83. The van der Waals surface area contributed by atoms with Crippen LogP contribution in [-0.2, 0) is 4.79 Å². The number of nitrogen functional groups attached to an aromatic ring is 1. The summed E-state index contributed by atoms with van der Waals surface area (Å²) in [5.74, 6) is -0.788. The zero-order chi connectivity index (χ0) is 13.4. The number of fused-ring (bicyclic) bond motifs is 1. The summed E-state index contributed by atoms with van der Waals surface area (Å²) in [7, 11) is 0. The summed E-state index contributed by atoms with van der Waals surface area (Å²) >= 11 is 5.78. The molecule has 7 nitrogen and oxygen atoms in total. The third kappa shape index (κ3) is 1.95. The van der Waals surface area contributed by atoms with Crippen molar-refractivity contribution in [3.8, 4) is 0 Å². The Morgan fingerprint density at radius 1 is 1.44 bits per heavy atom. The van der Waals surface area contributed by atoms with Crippen molar-refractivity contribution in [1.82, 2.24) is 9.71 Å². The Morgan fingerprint density at radius 3 is 2.72 bits per heavy atom. The molecule has 0 bridgehead atoms. The monoisotopic (exact) mass is 269 g/mol. The maximum Gasteiger partial charge on any atom is 0.363 e. The lowest BCUT2D eigenvalue weighted by atomic mass is 10.2. The number of hydrogen-bond donors (Lipinski definition) is 2. The highest BCUT2D eigenvalue weighted by Crippen LogP contribution is 2.21. The maximum absolute atomic E-state index is 11.9. The van der Waals surface area contributed by atoms with Gasteiger partial charge in [0.05, 0.1) is 21.6 Å². The Balaban J connectivity index is 2.85. The highest BCUT2D eigenvalue weighted by molar-refractivity contribution is 6.33. The highest BCUT2D eigenvalue weighted by atomic mass is 35.5. The molecule has 18 heavy (non-hydrogen) atoms.